The first-order valence-corrected chi connectivity index (χ1v) is 8.17. The summed E-state index contributed by atoms with van der Waals surface area (Å²) in [6, 6.07) is 0.676. The standard InChI is InChI=1S/C16H28F3N3O/c1-4-12(2)14(6-5-9-16(17,18)19)23-15(21-3)22-10-7-13(20)8-11-22/h13H,4-11,20H2,1-3H3/b14-12-,21-15?. The minimum atomic E-state index is -4.13. The van der Waals surface area contributed by atoms with E-state index in [1.165, 1.54) is 0 Å². The Hall–Kier alpha value is -1.24. The van der Waals surface area contributed by atoms with Crippen LogP contribution >= 0.6 is 0 Å². The lowest BCUT2D eigenvalue weighted by molar-refractivity contribution is -0.135. The van der Waals surface area contributed by atoms with Gasteiger partial charge in [-0.25, -0.2) is 4.99 Å². The number of nitrogens with two attached hydrogens (primary N) is 1. The second-order valence-corrected chi connectivity index (χ2v) is 5.96. The zero-order valence-corrected chi connectivity index (χ0v) is 14.2. The minimum absolute atomic E-state index is 0.0258. The van der Waals surface area contributed by atoms with Crippen LogP contribution in [0.4, 0.5) is 13.2 Å². The lowest BCUT2D eigenvalue weighted by Gasteiger charge is -2.32. The van der Waals surface area contributed by atoms with Gasteiger partial charge in [0.1, 0.15) is 5.76 Å². The highest BCUT2D eigenvalue weighted by Crippen LogP contribution is 2.26. The molecule has 2 N–H and O–H groups in total. The normalized spacial score (nSPS) is 18.9. The number of hydrogen-bond acceptors (Lipinski definition) is 3. The summed E-state index contributed by atoms with van der Waals surface area (Å²) in [7, 11) is 1.64. The highest BCUT2D eigenvalue weighted by atomic mass is 19.4. The van der Waals surface area contributed by atoms with Crippen molar-refractivity contribution < 1.29 is 17.9 Å². The maximum absolute atomic E-state index is 12.3. The number of nitrogens with zero attached hydrogens (tertiary/aromatic N) is 2. The quantitative estimate of drug-likeness (QED) is 0.472. The van der Waals surface area contributed by atoms with Crippen LogP contribution in [0.2, 0.25) is 0 Å². The first-order chi connectivity index (χ1) is 10.8. The van der Waals surface area contributed by atoms with Crippen LogP contribution in [0.1, 0.15) is 52.4 Å². The van der Waals surface area contributed by atoms with Crippen molar-refractivity contribution >= 4 is 6.02 Å². The van der Waals surface area contributed by atoms with Gasteiger partial charge in [0.25, 0.3) is 6.02 Å². The fraction of sp³-hybridized carbons (Fsp3) is 0.812. The predicted octanol–water partition coefficient (Wildman–Crippen LogP) is 3.83. The topological polar surface area (TPSA) is 50.8 Å². The average Bonchev–Trinajstić information content (AvgIpc) is 2.50. The van der Waals surface area contributed by atoms with Crippen molar-refractivity contribution in [2.45, 2.75) is 64.6 Å². The molecular weight excluding hydrogens is 307 g/mol. The van der Waals surface area contributed by atoms with Crippen LogP contribution in [0.25, 0.3) is 0 Å². The molecule has 0 aliphatic carbocycles. The van der Waals surface area contributed by atoms with Gasteiger partial charge in [0.05, 0.1) is 0 Å². The van der Waals surface area contributed by atoms with Crippen molar-refractivity contribution in [3.63, 3.8) is 0 Å². The van der Waals surface area contributed by atoms with Crippen LogP contribution in [-0.2, 0) is 4.74 Å². The zero-order valence-electron chi connectivity index (χ0n) is 14.2. The molecule has 0 spiro atoms. The number of halogens is 3. The Labute approximate surface area is 136 Å². The van der Waals surface area contributed by atoms with Crippen molar-refractivity contribution in [2.75, 3.05) is 20.1 Å². The number of aliphatic imine (C=N–C) groups is 1. The van der Waals surface area contributed by atoms with E-state index < -0.39 is 12.6 Å². The molecule has 0 saturated carbocycles. The molecule has 1 fully saturated rings. The molecule has 1 saturated heterocycles. The molecule has 0 aromatic carbocycles. The Balaban J connectivity index is 2.68. The molecule has 0 atom stereocenters. The molecule has 23 heavy (non-hydrogen) atoms. The van der Waals surface area contributed by atoms with Gasteiger partial charge in [-0.1, -0.05) is 6.92 Å². The Bertz CT molecular complexity index is 425. The molecule has 1 aliphatic heterocycles. The molecule has 7 heteroatoms. The summed E-state index contributed by atoms with van der Waals surface area (Å²) in [6.45, 7) is 5.37. The highest BCUT2D eigenvalue weighted by molar-refractivity contribution is 5.75. The van der Waals surface area contributed by atoms with Gasteiger partial charge in [0.2, 0.25) is 0 Å². The molecule has 0 radical (unpaired) electrons. The van der Waals surface area contributed by atoms with Gasteiger partial charge < -0.3 is 15.4 Å². The SMILES string of the molecule is CC/C(C)=C(/CCCC(F)(F)F)OC(=NC)N1CCC(N)CC1. The second kappa shape index (κ2) is 9.15. The third-order valence-corrected chi connectivity index (χ3v) is 4.09. The van der Waals surface area contributed by atoms with E-state index in [1.54, 1.807) is 7.05 Å². The fourth-order valence-corrected chi connectivity index (χ4v) is 2.45. The summed E-state index contributed by atoms with van der Waals surface area (Å²) in [5.74, 6) is 0.604. The van der Waals surface area contributed by atoms with Crippen molar-refractivity contribution in [1.82, 2.24) is 4.90 Å². The number of alkyl halides is 3. The Morgan fingerprint density at radius 3 is 2.39 bits per heavy atom. The van der Waals surface area contributed by atoms with Crippen LogP contribution in [0, 0.1) is 0 Å². The molecule has 0 bridgehead atoms. The molecule has 0 aromatic rings. The van der Waals surface area contributed by atoms with Crippen LogP contribution in [0.5, 0.6) is 0 Å². The summed E-state index contributed by atoms with van der Waals surface area (Å²) in [4.78, 5) is 6.18. The van der Waals surface area contributed by atoms with E-state index in [9.17, 15) is 13.2 Å². The molecular formula is C16H28F3N3O. The number of ether oxygens (including phenoxy) is 1. The van der Waals surface area contributed by atoms with Gasteiger partial charge in [0, 0.05) is 39.0 Å². The largest absolute Gasteiger partial charge is 0.431 e. The molecule has 0 aromatic heterocycles. The van der Waals surface area contributed by atoms with Gasteiger partial charge in [-0.15, -0.1) is 0 Å². The lowest BCUT2D eigenvalue weighted by Crippen LogP contribution is -2.43. The number of hydrogen-bond donors (Lipinski definition) is 1. The number of rotatable bonds is 5. The van der Waals surface area contributed by atoms with E-state index in [0.29, 0.717) is 11.8 Å². The van der Waals surface area contributed by atoms with Crippen molar-refractivity contribution in [3.8, 4) is 0 Å². The van der Waals surface area contributed by atoms with E-state index in [-0.39, 0.29) is 18.9 Å². The van der Waals surface area contributed by atoms with E-state index >= 15 is 0 Å². The smallest absolute Gasteiger partial charge is 0.389 e. The monoisotopic (exact) mass is 335 g/mol. The minimum Gasteiger partial charge on any atom is -0.431 e. The fourth-order valence-electron chi connectivity index (χ4n) is 2.45. The Kier molecular flexibility index (Phi) is 7.88. The summed E-state index contributed by atoms with van der Waals surface area (Å²) in [5, 5.41) is 0. The third kappa shape index (κ3) is 7.24. The predicted molar refractivity (Wildman–Crippen MR) is 86.1 cm³/mol. The van der Waals surface area contributed by atoms with Gasteiger partial charge in [0.15, 0.2) is 0 Å². The molecule has 1 aliphatic rings. The van der Waals surface area contributed by atoms with E-state index in [2.05, 4.69) is 4.99 Å². The third-order valence-electron chi connectivity index (χ3n) is 4.09. The summed E-state index contributed by atoms with van der Waals surface area (Å²) in [5.41, 5.74) is 6.85. The number of likely N-dealkylation sites (tertiary alicyclic amines) is 1. The molecule has 0 amide bonds. The average molecular weight is 335 g/mol. The van der Waals surface area contributed by atoms with Crippen molar-refractivity contribution in [2.24, 2.45) is 10.7 Å². The molecule has 1 heterocycles. The first-order valence-electron chi connectivity index (χ1n) is 8.17. The van der Waals surface area contributed by atoms with Crippen LogP contribution in [0.3, 0.4) is 0 Å². The molecule has 1 rings (SSSR count). The molecule has 134 valence electrons. The molecule has 4 nitrogen and oxygen atoms in total. The van der Waals surface area contributed by atoms with E-state index in [0.717, 1.165) is 37.9 Å². The molecule has 0 unspecified atom stereocenters. The maximum atomic E-state index is 12.3. The number of piperidine rings is 1. The van der Waals surface area contributed by atoms with Crippen LogP contribution in [-0.4, -0.2) is 43.3 Å². The zero-order chi connectivity index (χ0) is 17.5. The second-order valence-electron chi connectivity index (χ2n) is 5.96. The van der Waals surface area contributed by atoms with Gasteiger partial charge >= 0.3 is 6.18 Å². The maximum Gasteiger partial charge on any atom is 0.389 e. The lowest BCUT2D eigenvalue weighted by atomic mass is 10.1. The van der Waals surface area contributed by atoms with Crippen LogP contribution < -0.4 is 5.73 Å². The van der Waals surface area contributed by atoms with Crippen molar-refractivity contribution in [1.29, 1.82) is 0 Å². The summed E-state index contributed by atoms with van der Waals surface area (Å²) >= 11 is 0. The number of allylic oxidation sites excluding steroid dienone is 2. The van der Waals surface area contributed by atoms with Gasteiger partial charge in [-0.3, -0.25) is 0 Å². The van der Waals surface area contributed by atoms with Crippen LogP contribution in [0.15, 0.2) is 16.3 Å². The number of amidine groups is 1. The highest BCUT2D eigenvalue weighted by Gasteiger charge is 2.27. The van der Waals surface area contributed by atoms with Gasteiger partial charge in [-0.05, 0) is 38.2 Å². The summed E-state index contributed by atoms with van der Waals surface area (Å²) < 4.78 is 42.9. The summed E-state index contributed by atoms with van der Waals surface area (Å²) in [6.07, 6.45) is -2.17. The van der Waals surface area contributed by atoms with E-state index in [1.807, 2.05) is 18.7 Å². The Morgan fingerprint density at radius 1 is 1.30 bits per heavy atom. The van der Waals surface area contributed by atoms with Crippen molar-refractivity contribution in [3.05, 3.63) is 11.3 Å². The van der Waals surface area contributed by atoms with E-state index in [4.69, 9.17) is 10.5 Å². The van der Waals surface area contributed by atoms with Gasteiger partial charge in [-0.2, -0.15) is 13.2 Å². The Morgan fingerprint density at radius 2 is 1.91 bits per heavy atom. The first kappa shape index (κ1) is 19.8.